The topological polar surface area (TPSA) is 63.9 Å². The number of carbonyl (C=O) groups is 1. The van der Waals surface area contributed by atoms with Crippen LogP contribution in [0.1, 0.15) is 22.5 Å². The lowest BCUT2D eigenvalue weighted by atomic mass is 10.3. The first-order valence-corrected chi connectivity index (χ1v) is 6.96. The number of hydrogen-bond donors (Lipinski definition) is 1. The maximum absolute atomic E-state index is 11.3. The van der Waals surface area contributed by atoms with Gasteiger partial charge in [-0.25, -0.2) is 4.79 Å². The molecule has 0 aliphatic carbocycles. The van der Waals surface area contributed by atoms with E-state index in [0.29, 0.717) is 12.1 Å². The molecule has 6 heteroatoms. The third-order valence-electron chi connectivity index (χ3n) is 3.31. The summed E-state index contributed by atoms with van der Waals surface area (Å²) in [6.07, 6.45) is 2.52. The first kappa shape index (κ1) is 15.0. The van der Waals surface area contributed by atoms with Crippen LogP contribution in [0.4, 0.5) is 0 Å². The highest BCUT2D eigenvalue weighted by atomic mass is 16.5. The van der Waals surface area contributed by atoms with Gasteiger partial charge in [-0.2, -0.15) is 0 Å². The standard InChI is InChI=1S/C14H22N2O4/c1-18-14(17)12-9-13(20-11-12)10-15-3-2-4-16-5-7-19-8-6-16/h9,11,15H,2-8,10H2,1H3. The lowest BCUT2D eigenvalue weighted by molar-refractivity contribution is 0.0374. The number of rotatable bonds is 7. The monoisotopic (exact) mass is 282 g/mol. The molecule has 1 aromatic rings. The number of furan rings is 1. The Kier molecular flexibility index (Phi) is 6.04. The zero-order chi connectivity index (χ0) is 14.2. The molecule has 0 unspecified atom stereocenters. The molecule has 0 amide bonds. The van der Waals surface area contributed by atoms with E-state index in [1.807, 2.05) is 0 Å². The number of esters is 1. The van der Waals surface area contributed by atoms with Gasteiger partial charge in [-0.1, -0.05) is 0 Å². The van der Waals surface area contributed by atoms with Gasteiger partial charge in [-0.05, 0) is 25.6 Å². The van der Waals surface area contributed by atoms with Crippen LogP contribution < -0.4 is 5.32 Å². The Morgan fingerprint density at radius 3 is 3.00 bits per heavy atom. The molecule has 2 heterocycles. The molecular formula is C14H22N2O4. The van der Waals surface area contributed by atoms with Crippen molar-refractivity contribution in [2.75, 3.05) is 46.5 Å². The Labute approximate surface area is 119 Å². The number of methoxy groups -OCH3 is 1. The fourth-order valence-corrected chi connectivity index (χ4v) is 2.16. The van der Waals surface area contributed by atoms with Crippen molar-refractivity contribution in [2.24, 2.45) is 0 Å². The fraction of sp³-hybridized carbons (Fsp3) is 0.643. The Morgan fingerprint density at radius 2 is 2.25 bits per heavy atom. The molecule has 0 bridgehead atoms. The van der Waals surface area contributed by atoms with Crippen molar-refractivity contribution < 1.29 is 18.7 Å². The average molecular weight is 282 g/mol. The molecule has 1 aliphatic rings. The van der Waals surface area contributed by atoms with Crippen molar-refractivity contribution in [3.63, 3.8) is 0 Å². The second-order valence-corrected chi connectivity index (χ2v) is 4.78. The highest BCUT2D eigenvalue weighted by Gasteiger charge is 2.10. The molecule has 1 fully saturated rings. The Bertz CT molecular complexity index is 413. The summed E-state index contributed by atoms with van der Waals surface area (Å²) in [5, 5.41) is 3.31. The predicted octanol–water partition coefficient (Wildman–Crippen LogP) is 0.878. The second kappa shape index (κ2) is 8.04. The van der Waals surface area contributed by atoms with Crippen LogP contribution in [-0.4, -0.2) is 57.4 Å². The summed E-state index contributed by atoms with van der Waals surface area (Å²) in [6.45, 7) is 6.38. The van der Waals surface area contributed by atoms with E-state index in [-0.39, 0.29) is 5.97 Å². The van der Waals surface area contributed by atoms with Gasteiger partial charge in [0.2, 0.25) is 0 Å². The normalized spacial score (nSPS) is 16.2. The van der Waals surface area contributed by atoms with E-state index >= 15 is 0 Å². The van der Waals surface area contributed by atoms with Crippen LogP contribution >= 0.6 is 0 Å². The van der Waals surface area contributed by atoms with E-state index in [1.165, 1.54) is 13.4 Å². The van der Waals surface area contributed by atoms with Gasteiger partial charge in [0, 0.05) is 13.1 Å². The van der Waals surface area contributed by atoms with Crippen LogP contribution in [0.2, 0.25) is 0 Å². The number of carbonyl (C=O) groups excluding carboxylic acids is 1. The third-order valence-corrected chi connectivity index (χ3v) is 3.31. The number of morpholine rings is 1. The summed E-state index contributed by atoms with van der Waals surface area (Å²) in [4.78, 5) is 13.7. The molecule has 1 saturated heterocycles. The van der Waals surface area contributed by atoms with Gasteiger partial charge in [0.05, 0.1) is 32.4 Å². The number of nitrogens with zero attached hydrogens (tertiary/aromatic N) is 1. The van der Waals surface area contributed by atoms with Crippen molar-refractivity contribution in [2.45, 2.75) is 13.0 Å². The van der Waals surface area contributed by atoms with E-state index in [0.717, 1.165) is 51.6 Å². The smallest absolute Gasteiger partial charge is 0.341 e. The van der Waals surface area contributed by atoms with Crippen molar-refractivity contribution in [1.82, 2.24) is 10.2 Å². The third kappa shape index (κ3) is 4.63. The molecule has 0 saturated carbocycles. The molecule has 0 atom stereocenters. The maximum atomic E-state index is 11.3. The lowest BCUT2D eigenvalue weighted by Gasteiger charge is -2.26. The van der Waals surface area contributed by atoms with Gasteiger partial charge in [0.1, 0.15) is 12.0 Å². The van der Waals surface area contributed by atoms with Crippen LogP contribution in [0, 0.1) is 0 Å². The van der Waals surface area contributed by atoms with Gasteiger partial charge < -0.3 is 19.2 Å². The molecular weight excluding hydrogens is 260 g/mol. The molecule has 2 rings (SSSR count). The van der Waals surface area contributed by atoms with E-state index in [2.05, 4.69) is 15.0 Å². The number of hydrogen-bond acceptors (Lipinski definition) is 6. The van der Waals surface area contributed by atoms with Crippen LogP contribution in [0.15, 0.2) is 16.7 Å². The van der Waals surface area contributed by atoms with Gasteiger partial charge >= 0.3 is 5.97 Å². The molecule has 6 nitrogen and oxygen atoms in total. The summed E-state index contributed by atoms with van der Waals surface area (Å²) < 4.78 is 15.2. The van der Waals surface area contributed by atoms with Crippen LogP contribution in [0.3, 0.4) is 0 Å². The lowest BCUT2D eigenvalue weighted by Crippen LogP contribution is -2.37. The van der Waals surface area contributed by atoms with Crippen molar-refractivity contribution in [1.29, 1.82) is 0 Å². The summed E-state index contributed by atoms with van der Waals surface area (Å²) in [5.74, 6) is 0.379. The van der Waals surface area contributed by atoms with Crippen LogP contribution in [0.25, 0.3) is 0 Å². The maximum Gasteiger partial charge on any atom is 0.341 e. The SMILES string of the molecule is COC(=O)c1coc(CNCCCN2CCOCC2)c1. The first-order valence-electron chi connectivity index (χ1n) is 6.96. The van der Waals surface area contributed by atoms with Gasteiger partial charge in [0.25, 0.3) is 0 Å². The Balaban J connectivity index is 1.58. The number of ether oxygens (including phenoxy) is 2. The zero-order valence-electron chi connectivity index (χ0n) is 11.9. The molecule has 20 heavy (non-hydrogen) atoms. The van der Waals surface area contributed by atoms with E-state index < -0.39 is 0 Å². The Morgan fingerprint density at radius 1 is 1.45 bits per heavy atom. The second-order valence-electron chi connectivity index (χ2n) is 4.78. The fourth-order valence-electron chi connectivity index (χ4n) is 2.16. The zero-order valence-corrected chi connectivity index (χ0v) is 11.9. The van der Waals surface area contributed by atoms with E-state index in [1.54, 1.807) is 6.07 Å². The van der Waals surface area contributed by atoms with Crippen LogP contribution in [0.5, 0.6) is 0 Å². The highest BCUT2D eigenvalue weighted by Crippen LogP contribution is 2.08. The molecule has 0 spiro atoms. The van der Waals surface area contributed by atoms with Gasteiger partial charge in [-0.15, -0.1) is 0 Å². The number of nitrogens with one attached hydrogen (secondary N) is 1. The minimum Gasteiger partial charge on any atom is -0.467 e. The largest absolute Gasteiger partial charge is 0.467 e. The molecule has 0 aromatic carbocycles. The van der Waals surface area contributed by atoms with E-state index in [9.17, 15) is 4.79 Å². The average Bonchev–Trinajstić information content (AvgIpc) is 2.96. The van der Waals surface area contributed by atoms with Crippen LogP contribution in [-0.2, 0) is 16.0 Å². The minimum absolute atomic E-state index is 0.368. The molecule has 1 aromatic heterocycles. The highest BCUT2D eigenvalue weighted by molar-refractivity contribution is 5.88. The molecule has 112 valence electrons. The summed E-state index contributed by atoms with van der Waals surface area (Å²) in [5.41, 5.74) is 0.456. The van der Waals surface area contributed by atoms with Crippen molar-refractivity contribution in [3.8, 4) is 0 Å². The quantitative estimate of drug-likeness (QED) is 0.591. The van der Waals surface area contributed by atoms with Gasteiger partial charge in [0.15, 0.2) is 0 Å². The minimum atomic E-state index is -0.368. The molecule has 1 N–H and O–H groups in total. The Hall–Kier alpha value is -1.37. The first-order chi connectivity index (χ1) is 9.79. The molecule has 0 radical (unpaired) electrons. The van der Waals surface area contributed by atoms with E-state index in [4.69, 9.17) is 9.15 Å². The van der Waals surface area contributed by atoms with Crippen molar-refractivity contribution >= 4 is 5.97 Å². The summed E-state index contributed by atoms with van der Waals surface area (Å²) in [6, 6.07) is 1.71. The van der Waals surface area contributed by atoms with Crippen molar-refractivity contribution in [3.05, 3.63) is 23.7 Å². The molecule has 1 aliphatic heterocycles. The predicted molar refractivity (Wildman–Crippen MR) is 73.6 cm³/mol. The summed E-state index contributed by atoms with van der Waals surface area (Å²) in [7, 11) is 1.36. The van der Waals surface area contributed by atoms with Gasteiger partial charge in [-0.3, -0.25) is 4.90 Å². The summed E-state index contributed by atoms with van der Waals surface area (Å²) >= 11 is 0.